The minimum atomic E-state index is -4.28. The lowest BCUT2D eigenvalue weighted by Crippen LogP contribution is -2.16. The van der Waals surface area contributed by atoms with Gasteiger partial charge in [-0.25, -0.2) is 17.2 Å². The molecule has 0 saturated carbocycles. The molecule has 3 nitrogen and oxygen atoms in total. The van der Waals surface area contributed by atoms with Crippen LogP contribution in [0.25, 0.3) is 0 Å². The van der Waals surface area contributed by atoms with Gasteiger partial charge in [0, 0.05) is 11.1 Å². The van der Waals surface area contributed by atoms with Crippen LogP contribution in [0.2, 0.25) is 5.02 Å². The lowest BCUT2D eigenvalue weighted by atomic mass is 10.1. The van der Waals surface area contributed by atoms with Crippen molar-refractivity contribution in [1.29, 1.82) is 0 Å². The summed E-state index contributed by atoms with van der Waals surface area (Å²) in [5.74, 6) is 3.28. The standard InChI is InChI=1S/C21H14ClF2NO2S/c1-14-6-5-9-19(20(14)22)28(26,27)25-21-17(23)12-16(13-18(21)24)11-10-15-7-3-2-4-8-15/h2-9,12-13,25H,1H3. The van der Waals surface area contributed by atoms with E-state index in [1.54, 1.807) is 37.3 Å². The smallest absolute Gasteiger partial charge is 0.263 e. The highest BCUT2D eigenvalue weighted by atomic mass is 35.5. The SMILES string of the molecule is Cc1cccc(S(=O)(=O)Nc2c(F)cc(C#Cc3ccccc3)cc2F)c1Cl. The molecule has 0 heterocycles. The summed E-state index contributed by atoms with van der Waals surface area (Å²) in [5, 5.41) is -0.0128. The van der Waals surface area contributed by atoms with E-state index in [2.05, 4.69) is 11.8 Å². The Balaban J connectivity index is 1.94. The second kappa shape index (κ2) is 8.01. The Morgan fingerprint density at radius 1 is 0.893 bits per heavy atom. The van der Waals surface area contributed by atoms with Crippen molar-refractivity contribution in [2.75, 3.05) is 4.72 Å². The normalized spacial score (nSPS) is 10.9. The largest absolute Gasteiger partial charge is 0.274 e. The molecule has 3 aromatic rings. The van der Waals surface area contributed by atoms with Crippen molar-refractivity contribution in [2.24, 2.45) is 0 Å². The van der Waals surface area contributed by atoms with Crippen LogP contribution in [0, 0.1) is 30.4 Å². The molecule has 0 bridgehead atoms. The predicted molar refractivity (Wildman–Crippen MR) is 106 cm³/mol. The molecule has 0 unspecified atom stereocenters. The predicted octanol–water partition coefficient (Wildman–Crippen LogP) is 5.13. The molecule has 0 aliphatic carbocycles. The van der Waals surface area contributed by atoms with Crippen molar-refractivity contribution in [3.8, 4) is 11.8 Å². The van der Waals surface area contributed by atoms with Gasteiger partial charge in [0.2, 0.25) is 0 Å². The molecule has 0 aromatic heterocycles. The Labute approximate surface area is 167 Å². The Hall–Kier alpha value is -2.88. The number of nitrogens with one attached hydrogen (secondary N) is 1. The van der Waals surface area contributed by atoms with Crippen molar-refractivity contribution >= 4 is 27.3 Å². The summed E-state index contributed by atoms with van der Waals surface area (Å²) in [5.41, 5.74) is 0.498. The van der Waals surface area contributed by atoms with E-state index in [0.29, 0.717) is 11.1 Å². The van der Waals surface area contributed by atoms with Crippen LogP contribution < -0.4 is 4.72 Å². The Morgan fingerprint density at radius 3 is 2.14 bits per heavy atom. The van der Waals surface area contributed by atoms with Crippen molar-refractivity contribution in [1.82, 2.24) is 0 Å². The first-order valence-electron chi connectivity index (χ1n) is 8.12. The molecule has 0 aliphatic rings. The van der Waals surface area contributed by atoms with Crippen LogP contribution >= 0.6 is 11.6 Å². The number of hydrogen-bond donors (Lipinski definition) is 1. The fourth-order valence-electron chi connectivity index (χ4n) is 2.43. The van der Waals surface area contributed by atoms with E-state index < -0.39 is 27.3 Å². The highest BCUT2D eigenvalue weighted by molar-refractivity contribution is 7.92. The fourth-order valence-corrected chi connectivity index (χ4v) is 4.09. The number of sulfonamides is 1. The molecule has 0 saturated heterocycles. The van der Waals surface area contributed by atoms with E-state index in [9.17, 15) is 17.2 Å². The van der Waals surface area contributed by atoms with E-state index in [4.69, 9.17) is 11.6 Å². The van der Waals surface area contributed by atoms with Gasteiger partial charge in [-0.05, 0) is 42.8 Å². The summed E-state index contributed by atoms with van der Waals surface area (Å²) in [6.07, 6.45) is 0. The molecule has 0 amide bonds. The molecule has 1 N–H and O–H groups in total. The van der Waals surface area contributed by atoms with Gasteiger partial charge >= 0.3 is 0 Å². The maximum absolute atomic E-state index is 14.4. The van der Waals surface area contributed by atoms with Crippen LogP contribution in [-0.4, -0.2) is 8.42 Å². The molecule has 0 fully saturated rings. The van der Waals surface area contributed by atoms with Crippen LogP contribution in [0.5, 0.6) is 0 Å². The quantitative estimate of drug-likeness (QED) is 0.601. The van der Waals surface area contributed by atoms with Gasteiger partial charge < -0.3 is 0 Å². The van der Waals surface area contributed by atoms with E-state index in [1.807, 2.05) is 10.8 Å². The topological polar surface area (TPSA) is 46.2 Å². The van der Waals surface area contributed by atoms with Gasteiger partial charge in [0.05, 0.1) is 5.02 Å². The van der Waals surface area contributed by atoms with Crippen LogP contribution in [-0.2, 0) is 10.0 Å². The number of halogens is 3. The average molecular weight is 418 g/mol. The van der Waals surface area contributed by atoms with Gasteiger partial charge in [0.1, 0.15) is 10.6 Å². The van der Waals surface area contributed by atoms with Crippen molar-refractivity contribution in [3.05, 3.63) is 94.0 Å². The maximum Gasteiger partial charge on any atom is 0.263 e. The third kappa shape index (κ3) is 4.33. The van der Waals surface area contributed by atoms with Gasteiger partial charge in [-0.2, -0.15) is 0 Å². The van der Waals surface area contributed by atoms with Gasteiger partial charge in [0.25, 0.3) is 10.0 Å². The lowest BCUT2D eigenvalue weighted by molar-refractivity contribution is 0.582. The first-order valence-corrected chi connectivity index (χ1v) is 9.98. The zero-order chi connectivity index (χ0) is 20.3. The van der Waals surface area contributed by atoms with Gasteiger partial charge in [-0.15, -0.1) is 0 Å². The molecule has 142 valence electrons. The Bertz CT molecular complexity index is 1180. The molecule has 28 heavy (non-hydrogen) atoms. The first kappa shape index (κ1) is 19.9. The second-order valence-corrected chi connectivity index (χ2v) is 7.95. The fraction of sp³-hybridized carbons (Fsp3) is 0.0476. The summed E-state index contributed by atoms with van der Waals surface area (Å²) < 4.78 is 55.8. The summed E-state index contributed by atoms with van der Waals surface area (Å²) in [7, 11) is -4.28. The third-order valence-corrected chi connectivity index (χ3v) is 5.86. The van der Waals surface area contributed by atoms with Crippen LogP contribution in [0.15, 0.2) is 65.6 Å². The van der Waals surface area contributed by atoms with E-state index in [-0.39, 0.29) is 15.5 Å². The summed E-state index contributed by atoms with van der Waals surface area (Å²) >= 11 is 6.02. The molecule has 3 rings (SSSR count). The van der Waals surface area contributed by atoms with E-state index >= 15 is 0 Å². The molecule has 0 atom stereocenters. The van der Waals surface area contributed by atoms with E-state index in [1.165, 1.54) is 12.1 Å². The van der Waals surface area contributed by atoms with Gasteiger partial charge in [-0.3, -0.25) is 4.72 Å². The van der Waals surface area contributed by atoms with Crippen LogP contribution in [0.4, 0.5) is 14.5 Å². The Morgan fingerprint density at radius 2 is 1.50 bits per heavy atom. The number of benzene rings is 3. The molecule has 0 radical (unpaired) electrons. The van der Waals surface area contributed by atoms with E-state index in [0.717, 1.165) is 12.1 Å². The minimum Gasteiger partial charge on any atom is -0.274 e. The molecule has 0 spiro atoms. The minimum absolute atomic E-state index is 0.0128. The molecule has 7 heteroatoms. The summed E-state index contributed by atoms with van der Waals surface area (Å²) in [6, 6.07) is 15.2. The monoisotopic (exact) mass is 417 g/mol. The Kier molecular flexibility index (Phi) is 5.68. The summed E-state index contributed by atoms with van der Waals surface area (Å²) in [6.45, 7) is 1.63. The number of anilines is 1. The first-order chi connectivity index (χ1) is 13.3. The van der Waals surface area contributed by atoms with Crippen molar-refractivity contribution < 1.29 is 17.2 Å². The third-order valence-electron chi connectivity index (χ3n) is 3.85. The molecule has 3 aromatic carbocycles. The number of aryl methyl sites for hydroxylation is 1. The highest BCUT2D eigenvalue weighted by Gasteiger charge is 2.22. The average Bonchev–Trinajstić information content (AvgIpc) is 2.66. The zero-order valence-corrected chi connectivity index (χ0v) is 16.2. The van der Waals surface area contributed by atoms with Crippen LogP contribution in [0.3, 0.4) is 0 Å². The maximum atomic E-state index is 14.4. The molecular weight excluding hydrogens is 404 g/mol. The second-order valence-electron chi connectivity index (χ2n) is 5.92. The van der Waals surface area contributed by atoms with Gasteiger partial charge in [-0.1, -0.05) is 53.8 Å². The number of hydrogen-bond acceptors (Lipinski definition) is 2. The number of rotatable bonds is 3. The molecular formula is C21H14ClF2NO2S. The highest BCUT2D eigenvalue weighted by Crippen LogP contribution is 2.29. The summed E-state index contributed by atoms with van der Waals surface area (Å²) in [4.78, 5) is -0.263. The van der Waals surface area contributed by atoms with Crippen molar-refractivity contribution in [3.63, 3.8) is 0 Å². The zero-order valence-electron chi connectivity index (χ0n) is 14.6. The van der Waals surface area contributed by atoms with Gasteiger partial charge in [0.15, 0.2) is 11.6 Å². The molecule has 0 aliphatic heterocycles. The van der Waals surface area contributed by atoms with Crippen LogP contribution in [0.1, 0.15) is 16.7 Å². The van der Waals surface area contributed by atoms with Crippen molar-refractivity contribution in [2.45, 2.75) is 11.8 Å². The lowest BCUT2D eigenvalue weighted by Gasteiger charge is -2.12.